The van der Waals surface area contributed by atoms with Crippen molar-refractivity contribution in [2.24, 2.45) is 0 Å². The first-order valence-corrected chi connectivity index (χ1v) is 7.66. The van der Waals surface area contributed by atoms with Crippen molar-refractivity contribution in [1.29, 1.82) is 0 Å². The average molecular weight is 318 g/mol. The third-order valence-corrected chi connectivity index (χ3v) is 4.31. The predicted molar refractivity (Wildman–Crippen MR) is 76.1 cm³/mol. The van der Waals surface area contributed by atoms with E-state index in [0.29, 0.717) is 0 Å². The summed E-state index contributed by atoms with van der Waals surface area (Å²) in [6.45, 7) is 0. The molecule has 22 heavy (non-hydrogen) atoms. The maximum atomic E-state index is 12.6. The van der Waals surface area contributed by atoms with E-state index >= 15 is 0 Å². The van der Waals surface area contributed by atoms with E-state index in [1.165, 1.54) is 19.2 Å². The van der Waals surface area contributed by atoms with Gasteiger partial charge < -0.3 is 4.74 Å². The Hall–Kier alpha value is -2.51. The second kappa shape index (κ2) is 4.75. The van der Waals surface area contributed by atoms with Crippen LogP contribution in [0.25, 0.3) is 0 Å². The molecule has 1 N–H and O–H groups in total. The fourth-order valence-corrected chi connectivity index (χ4v) is 3.00. The molecule has 0 radical (unpaired) electrons. The van der Waals surface area contributed by atoms with Crippen molar-refractivity contribution < 1.29 is 27.3 Å². The van der Waals surface area contributed by atoms with Crippen LogP contribution in [0.2, 0.25) is 0 Å². The minimum atomic E-state index is -4.53. The maximum absolute atomic E-state index is 12.6. The summed E-state index contributed by atoms with van der Waals surface area (Å²) in [5, 5.41) is 0. The fraction of sp³-hybridized carbons (Fsp3) is 0.0667. The highest BCUT2D eigenvalue weighted by Crippen LogP contribution is 2.35. The SMILES string of the molecule is COc1cc(S(=O)(=O)O)cc2c1C(=O)c1ccccc1C2=O. The maximum Gasteiger partial charge on any atom is 0.294 e. The first-order chi connectivity index (χ1) is 10.3. The second-order valence-electron chi connectivity index (χ2n) is 4.73. The van der Waals surface area contributed by atoms with Crippen LogP contribution in [0.5, 0.6) is 5.75 Å². The number of hydrogen-bond donors (Lipinski definition) is 1. The highest BCUT2D eigenvalue weighted by atomic mass is 32.2. The number of benzene rings is 2. The van der Waals surface area contributed by atoms with Crippen LogP contribution >= 0.6 is 0 Å². The average Bonchev–Trinajstić information content (AvgIpc) is 2.50. The number of ether oxygens (including phenoxy) is 1. The number of hydrogen-bond acceptors (Lipinski definition) is 5. The molecule has 0 atom stereocenters. The summed E-state index contributed by atoms with van der Waals surface area (Å²) in [5.41, 5.74) is 0.321. The zero-order chi connectivity index (χ0) is 16.1. The van der Waals surface area contributed by atoms with Crippen LogP contribution in [-0.2, 0) is 10.1 Å². The van der Waals surface area contributed by atoms with Crippen molar-refractivity contribution in [3.8, 4) is 5.75 Å². The summed E-state index contributed by atoms with van der Waals surface area (Å²) >= 11 is 0. The molecule has 0 aliphatic heterocycles. The van der Waals surface area contributed by atoms with Crippen LogP contribution in [0.3, 0.4) is 0 Å². The summed E-state index contributed by atoms with van der Waals surface area (Å²) in [7, 11) is -3.28. The van der Waals surface area contributed by atoms with Crippen molar-refractivity contribution in [3.05, 3.63) is 58.7 Å². The molecule has 0 heterocycles. The van der Waals surface area contributed by atoms with Gasteiger partial charge in [0.15, 0.2) is 11.6 Å². The van der Waals surface area contributed by atoms with E-state index in [9.17, 15) is 22.6 Å². The van der Waals surface area contributed by atoms with Crippen molar-refractivity contribution in [1.82, 2.24) is 0 Å². The third kappa shape index (κ3) is 2.02. The first kappa shape index (κ1) is 14.4. The molecule has 2 aromatic rings. The molecule has 1 aliphatic carbocycles. The summed E-state index contributed by atoms with van der Waals surface area (Å²) in [6, 6.07) is 8.27. The van der Waals surface area contributed by atoms with E-state index < -0.39 is 26.6 Å². The molecular formula is C15H10O6S. The number of rotatable bonds is 2. The number of methoxy groups -OCH3 is 1. The molecule has 7 heteroatoms. The first-order valence-electron chi connectivity index (χ1n) is 6.22. The molecular weight excluding hydrogens is 308 g/mol. The Morgan fingerprint density at radius 2 is 1.55 bits per heavy atom. The minimum Gasteiger partial charge on any atom is -0.496 e. The van der Waals surface area contributed by atoms with Crippen molar-refractivity contribution >= 4 is 21.7 Å². The van der Waals surface area contributed by atoms with Gasteiger partial charge in [0.2, 0.25) is 0 Å². The molecule has 3 rings (SSSR count). The molecule has 6 nitrogen and oxygen atoms in total. The van der Waals surface area contributed by atoms with Gasteiger partial charge in [0.1, 0.15) is 5.75 Å². The lowest BCUT2D eigenvalue weighted by Crippen LogP contribution is -2.22. The zero-order valence-corrected chi connectivity index (χ0v) is 12.2. The van der Waals surface area contributed by atoms with Crippen LogP contribution in [0.4, 0.5) is 0 Å². The van der Waals surface area contributed by atoms with Gasteiger partial charge in [-0.15, -0.1) is 0 Å². The molecule has 0 aromatic heterocycles. The summed E-state index contributed by atoms with van der Waals surface area (Å²) in [4.78, 5) is 24.6. The molecule has 1 aliphatic rings. The minimum absolute atomic E-state index is 0.00130. The van der Waals surface area contributed by atoms with E-state index in [1.54, 1.807) is 12.1 Å². The lowest BCUT2D eigenvalue weighted by Gasteiger charge is -2.20. The number of carbonyl (C=O) groups excluding carboxylic acids is 2. The Kier molecular flexibility index (Phi) is 3.12. The van der Waals surface area contributed by atoms with Gasteiger partial charge in [-0.05, 0) is 6.07 Å². The number of carbonyl (C=O) groups is 2. The Bertz CT molecular complexity index is 927. The smallest absolute Gasteiger partial charge is 0.294 e. The quantitative estimate of drug-likeness (QED) is 0.722. The second-order valence-corrected chi connectivity index (χ2v) is 6.15. The van der Waals surface area contributed by atoms with Crippen LogP contribution in [0, 0.1) is 0 Å². The van der Waals surface area contributed by atoms with E-state index in [4.69, 9.17) is 4.74 Å². The van der Waals surface area contributed by atoms with Gasteiger partial charge in [0.25, 0.3) is 10.1 Å². The monoisotopic (exact) mass is 318 g/mol. The molecule has 0 saturated carbocycles. The Labute approximate surface area is 126 Å². The van der Waals surface area contributed by atoms with E-state index in [1.807, 2.05) is 0 Å². The molecule has 0 fully saturated rings. The highest BCUT2D eigenvalue weighted by Gasteiger charge is 2.33. The molecule has 112 valence electrons. The standard InChI is InChI=1S/C15H10O6S/c1-21-12-7-8(22(18,19)20)6-11-13(12)15(17)10-5-3-2-4-9(10)14(11)16/h2-7H,1H3,(H,18,19,20). The zero-order valence-electron chi connectivity index (χ0n) is 11.4. The van der Waals surface area contributed by atoms with Gasteiger partial charge in [-0.25, -0.2) is 0 Å². The normalized spacial score (nSPS) is 13.5. The lowest BCUT2D eigenvalue weighted by molar-refractivity contribution is 0.0976. The van der Waals surface area contributed by atoms with Crippen LogP contribution in [0.1, 0.15) is 31.8 Å². The molecule has 0 amide bonds. The Balaban J connectivity index is 2.37. The van der Waals surface area contributed by atoms with Gasteiger partial charge in [0.05, 0.1) is 17.6 Å². The largest absolute Gasteiger partial charge is 0.496 e. The third-order valence-electron chi connectivity index (χ3n) is 3.48. The van der Waals surface area contributed by atoms with Crippen molar-refractivity contribution in [3.63, 3.8) is 0 Å². The molecule has 0 bridgehead atoms. The topological polar surface area (TPSA) is 97.7 Å². The molecule has 0 unspecified atom stereocenters. The van der Waals surface area contributed by atoms with E-state index in [2.05, 4.69) is 0 Å². The molecule has 2 aromatic carbocycles. The van der Waals surface area contributed by atoms with Crippen molar-refractivity contribution in [2.75, 3.05) is 7.11 Å². The summed E-state index contributed by atoms with van der Waals surface area (Å²) in [6.07, 6.45) is 0. The van der Waals surface area contributed by atoms with Crippen LogP contribution in [0.15, 0.2) is 41.3 Å². The van der Waals surface area contributed by atoms with E-state index in [-0.39, 0.29) is 28.0 Å². The Morgan fingerprint density at radius 1 is 0.955 bits per heavy atom. The van der Waals surface area contributed by atoms with Gasteiger partial charge in [-0.3, -0.25) is 14.1 Å². The van der Waals surface area contributed by atoms with Gasteiger partial charge in [-0.1, -0.05) is 24.3 Å². The fourth-order valence-electron chi connectivity index (χ4n) is 2.47. The van der Waals surface area contributed by atoms with Crippen molar-refractivity contribution in [2.45, 2.75) is 4.90 Å². The van der Waals surface area contributed by atoms with Gasteiger partial charge in [0, 0.05) is 22.8 Å². The molecule has 0 spiro atoms. The van der Waals surface area contributed by atoms with Crippen LogP contribution < -0.4 is 4.74 Å². The lowest BCUT2D eigenvalue weighted by atomic mass is 9.83. The highest BCUT2D eigenvalue weighted by molar-refractivity contribution is 7.85. The predicted octanol–water partition coefficient (Wildman–Crippen LogP) is 1.72. The van der Waals surface area contributed by atoms with E-state index in [0.717, 1.165) is 12.1 Å². The summed E-state index contributed by atoms with van der Waals surface area (Å²) in [5.74, 6) is -0.990. The summed E-state index contributed by atoms with van der Waals surface area (Å²) < 4.78 is 36.9. The van der Waals surface area contributed by atoms with Gasteiger partial charge in [-0.2, -0.15) is 8.42 Å². The Morgan fingerprint density at radius 3 is 2.09 bits per heavy atom. The number of fused-ring (bicyclic) bond motifs is 2. The number of ketones is 2. The molecule has 0 saturated heterocycles. The van der Waals surface area contributed by atoms with Gasteiger partial charge >= 0.3 is 0 Å². The van der Waals surface area contributed by atoms with Crippen LogP contribution in [-0.4, -0.2) is 31.6 Å².